The molecule has 0 atom stereocenters. The van der Waals surface area contributed by atoms with Crippen LogP contribution in [0.2, 0.25) is 0 Å². The number of benzene rings is 2. The van der Waals surface area contributed by atoms with E-state index in [-0.39, 0.29) is 12.5 Å². The van der Waals surface area contributed by atoms with Gasteiger partial charge in [0.15, 0.2) is 0 Å². The van der Waals surface area contributed by atoms with Crippen molar-refractivity contribution in [3.63, 3.8) is 0 Å². The highest BCUT2D eigenvalue weighted by Crippen LogP contribution is 2.36. The normalized spacial score (nSPS) is 13.7. The fourth-order valence-corrected chi connectivity index (χ4v) is 3.65. The predicted molar refractivity (Wildman–Crippen MR) is 106 cm³/mol. The lowest BCUT2D eigenvalue weighted by molar-refractivity contribution is -0.117. The molecule has 0 saturated carbocycles. The van der Waals surface area contributed by atoms with Gasteiger partial charge in [-0.3, -0.25) is 19.7 Å². The van der Waals surface area contributed by atoms with E-state index >= 15 is 0 Å². The largest absolute Gasteiger partial charge is 0.496 e. The molecule has 4 rings (SSSR count). The smallest absolute Gasteiger partial charge is 0.274 e. The van der Waals surface area contributed by atoms with Crippen LogP contribution in [0.15, 0.2) is 46.9 Å². The summed E-state index contributed by atoms with van der Waals surface area (Å²) in [6, 6.07) is 12.0. The number of carbonyl (C=O) groups excluding carboxylic acids is 2. The Balaban J connectivity index is 1.41. The molecular formula is C21H21N3O5. The van der Waals surface area contributed by atoms with Crippen LogP contribution in [0.5, 0.6) is 5.75 Å². The van der Waals surface area contributed by atoms with Gasteiger partial charge in [0.25, 0.3) is 5.91 Å². The minimum absolute atomic E-state index is 0.151. The number of anilines is 1. The molecule has 2 amide bonds. The SMILES string of the molecule is COc1cccc2oc3c(c12)CCN(CC(=O)Nc1ccc(C(=O)NO)cc1)C3. The summed E-state index contributed by atoms with van der Waals surface area (Å²) < 4.78 is 11.5. The van der Waals surface area contributed by atoms with Crippen molar-refractivity contribution in [2.75, 3.05) is 25.5 Å². The zero-order valence-electron chi connectivity index (χ0n) is 15.9. The van der Waals surface area contributed by atoms with E-state index in [2.05, 4.69) is 5.32 Å². The first kappa shape index (κ1) is 19.0. The van der Waals surface area contributed by atoms with Gasteiger partial charge in [0, 0.05) is 23.4 Å². The number of fused-ring (bicyclic) bond motifs is 3. The van der Waals surface area contributed by atoms with Crippen molar-refractivity contribution in [1.82, 2.24) is 10.4 Å². The molecule has 3 aromatic rings. The van der Waals surface area contributed by atoms with Crippen LogP contribution >= 0.6 is 0 Å². The number of hydroxylamine groups is 1. The molecule has 8 heteroatoms. The molecule has 1 aromatic heterocycles. The van der Waals surface area contributed by atoms with E-state index in [1.807, 2.05) is 23.1 Å². The van der Waals surface area contributed by atoms with E-state index < -0.39 is 5.91 Å². The lowest BCUT2D eigenvalue weighted by Crippen LogP contribution is -2.36. The fraction of sp³-hybridized carbons (Fsp3) is 0.238. The van der Waals surface area contributed by atoms with Crippen molar-refractivity contribution >= 4 is 28.5 Å². The van der Waals surface area contributed by atoms with Gasteiger partial charge in [-0.2, -0.15) is 0 Å². The first-order valence-corrected chi connectivity index (χ1v) is 9.23. The number of rotatable bonds is 5. The van der Waals surface area contributed by atoms with Gasteiger partial charge in [0.05, 0.1) is 25.6 Å². The standard InChI is InChI=1S/C21H21N3O5/c1-28-16-3-2-4-17-20(16)15-9-10-24(11-18(15)29-17)12-19(25)22-14-7-5-13(6-8-14)21(26)23-27/h2-8,27H,9-12H2,1H3,(H,22,25)(H,23,26). The minimum Gasteiger partial charge on any atom is -0.496 e. The van der Waals surface area contributed by atoms with Crippen LogP contribution in [-0.4, -0.2) is 42.1 Å². The quantitative estimate of drug-likeness (QED) is 0.453. The van der Waals surface area contributed by atoms with Gasteiger partial charge < -0.3 is 14.5 Å². The Hall–Kier alpha value is -3.36. The van der Waals surface area contributed by atoms with E-state index in [0.29, 0.717) is 17.8 Å². The third kappa shape index (κ3) is 3.80. The second-order valence-electron chi connectivity index (χ2n) is 6.86. The number of furan rings is 1. The van der Waals surface area contributed by atoms with Gasteiger partial charge in [-0.05, 0) is 42.8 Å². The molecule has 2 heterocycles. The lowest BCUT2D eigenvalue weighted by atomic mass is 10.0. The summed E-state index contributed by atoms with van der Waals surface area (Å²) in [4.78, 5) is 25.8. The van der Waals surface area contributed by atoms with Crippen molar-refractivity contribution in [3.05, 3.63) is 59.4 Å². The summed E-state index contributed by atoms with van der Waals surface area (Å²) in [5.41, 5.74) is 4.39. The lowest BCUT2D eigenvalue weighted by Gasteiger charge is -2.25. The second kappa shape index (κ2) is 7.94. The molecule has 0 fully saturated rings. The van der Waals surface area contributed by atoms with Crippen LogP contribution in [0, 0.1) is 0 Å². The topological polar surface area (TPSA) is 104 Å². The van der Waals surface area contributed by atoms with Crippen LogP contribution in [0.4, 0.5) is 5.69 Å². The summed E-state index contributed by atoms with van der Waals surface area (Å²) in [6.07, 6.45) is 0.779. The van der Waals surface area contributed by atoms with Crippen molar-refractivity contribution < 1.29 is 24.0 Å². The number of hydrogen-bond acceptors (Lipinski definition) is 6. The van der Waals surface area contributed by atoms with Crippen molar-refractivity contribution in [3.8, 4) is 5.75 Å². The predicted octanol–water partition coefficient (Wildman–Crippen LogP) is 2.56. The van der Waals surface area contributed by atoms with Gasteiger partial charge in [-0.25, -0.2) is 5.48 Å². The van der Waals surface area contributed by atoms with Crippen molar-refractivity contribution in [2.24, 2.45) is 0 Å². The maximum atomic E-state index is 12.4. The molecule has 1 aliphatic rings. The Bertz CT molecular complexity index is 1060. The molecule has 1 aliphatic heterocycles. The maximum Gasteiger partial charge on any atom is 0.274 e. The Labute approximate surface area is 167 Å². The minimum atomic E-state index is -0.602. The molecule has 0 radical (unpaired) electrons. The fourth-order valence-electron chi connectivity index (χ4n) is 3.65. The molecule has 0 saturated heterocycles. The summed E-state index contributed by atoms with van der Waals surface area (Å²) >= 11 is 0. The van der Waals surface area contributed by atoms with E-state index in [1.54, 1.807) is 24.7 Å². The molecule has 8 nitrogen and oxygen atoms in total. The van der Waals surface area contributed by atoms with Gasteiger partial charge in [-0.15, -0.1) is 0 Å². The zero-order valence-corrected chi connectivity index (χ0v) is 15.9. The Morgan fingerprint density at radius 3 is 2.72 bits per heavy atom. The van der Waals surface area contributed by atoms with Crippen LogP contribution < -0.4 is 15.5 Å². The molecule has 0 aliphatic carbocycles. The number of nitrogens with zero attached hydrogens (tertiary/aromatic N) is 1. The molecule has 150 valence electrons. The number of methoxy groups -OCH3 is 1. The third-order valence-corrected chi connectivity index (χ3v) is 5.02. The summed E-state index contributed by atoms with van der Waals surface area (Å²) in [6.45, 7) is 1.52. The number of hydrogen-bond donors (Lipinski definition) is 3. The highest BCUT2D eigenvalue weighted by molar-refractivity contribution is 5.95. The van der Waals surface area contributed by atoms with Crippen LogP contribution in [-0.2, 0) is 17.8 Å². The molecule has 29 heavy (non-hydrogen) atoms. The highest BCUT2D eigenvalue weighted by Gasteiger charge is 2.25. The zero-order chi connectivity index (χ0) is 20.4. The van der Waals surface area contributed by atoms with Crippen LogP contribution in [0.25, 0.3) is 11.0 Å². The van der Waals surface area contributed by atoms with Gasteiger partial charge in [0.1, 0.15) is 17.1 Å². The second-order valence-corrected chi connectivity index (χ2v) is 6.86. The Morgan fingerprint density at radius 2 is 2.00 bits per heavy atom. The third-order valence-electron chi connectivity index (χ3n) is 5.02. The molecular weight excluding hydrogens is 374 g/mol. The average Bonchev–Trinajstić information content (AvgIpc) is 3.11. The van der Waals surface area contributed by atoms with Crippen molar-refractivity contribution in [1.29, 1.82) is 0 Å². The van der Waals surface area contributed by atoms with Gasteiger partial charge in [0.2, 0.25) is 5.91 Å². The van der Waals surface area contributed by atoms with E-state index in [9.17, 15) is 9.59 Å². The number of carbonyl (C=O) groups is 2. The molecule has 0 spiro atoms. The molecule has 2 aromatic carbocycles. The van der Waals surface area contributed by atoms with Crippen molar-refractivity contribution in [2.45, 2.75) is 13.0 Å². The Morgan fingerprint density at radius 1 is 1.21 bits per heavy atom. The average molecular weight is 395 g/mol. The van der Waals surface area contributed by atoms with E-state index in [4.69, 9.17) is 14.4 Å². The van der Waals surface area contributed by atoms with Crippen LogP contribution in [0.1, 0.15) is 21.7 Å². The van der Waals surface area contributed by atoms with Crippen LogP contribution in [0.3, 0.4) is 0 Å². The van der Waals surface area contributed by atoms with Gasteiger partial charge in [-0.1, -0.05) is 6.07 Å². The summed E-state index contributed by atoms with van der Waals surface area (Å²) in [5, 5.41) is 12.5. The Kier molecular flexibility index (Phi) is 5.20. The summed E-state index contributed by atoms with van der Waals surface area (Å²) in [5.74, 6) is 0.913. The molecule has 3 N–H and O–H groups in total. The molecule has 0 bridgehead atoms. The first-order valence-electron chi connectivity index (χ1n) is 9.23. The van der Waals surface area contributed by atoms with Gasteiger partial charge >= 0.3 is 0 Å². The number of amides is 2. The first-order chi connectivity index (χ1) is 14.1. The summed E-state index contributed by atoms with van der Waals surface area (Å²) in [7, 11) is 1.65. The maximum absolute atomic E-state index is 12.4. The number of ether oxygens (including phenoxy) is 1. The number of nitrogens with one attached hydrogen (secondary N) is 2. The van der Waals surface area contributed by atoms with E-state index in [1.165, 1.54) is 12.1 Å². The van der Waals surface area contributed by atoms with E-state index in [0.717, 1.165) is 41.0 Å². The molecule has 0 unspecified atom stereocenters. The monoisotopic (exact) mass is 395 g/mol. The highest BCUT2D eigenvalue weighted by atomic mass is 16.5.